The van der Waals surface area contributed by atoms with Gasteiger partial charge in [0, 0.05) is 12.6 Å². The van der Waals surface area contributed by atoms with Crippen LogP contribution in [0.1, 0.15) is 51.9 Å². The number of hydrogen-bond donors (Lipinski definition) is 1. The Morgan fingerprint density at radius 3 is 2.75 bits per heavy atom. The molecule has 0 saturated carbocycles. The van der Waals surface area contributed by atoms with Crippen molar-refractivity contribution in [1.82, 2.24) is 9.80 Å². The van der Waals surface area contributed by atoms with E-state index in [-0.39, 0.29) is 0 Å². The number of carbonyl (C=O) groups is 1. The van der Waals surface area contributed by atoms with Crippen molar-refractivity contribution in [2.24, 2.45) is 5.41 Å². The molecule has 0 amide bonds. The summed E-state index contributed by atoms with van der Waals surface area (Å²) in [6.07, 6.45) is 7.80. The fourth-order valence-corrected chi connectivity index (χ4v) is 3.87. The van der Waals surface area contributed by atoms with Crippen LogP contribution in [0.15, 0.2) is 0 Å². The molecule has 2 unspecified atom stereocenters. The van der Waals surface area contributed by atoms with Crippen molar-refractivity contribution >= 4 is 5.97 Å². The van der Waals surface area contributed by atoms with E-state index in [1.807, 2.05) is 6.92 Å². The van der Waals surface area contributed by atoms with Gasteiger partial charge in [0.2, 0.25) is 0 Å². The molecular formula is C16H30N2O2. The summed E-state index contributed by atoms with van der Waals surface area (Å²) in [5.41, 5.74) is -0.489. The first-order chi connectivity index (χ1) is 9.57. The van der Waals surface area contributed by atoms with Gasteiger partial charge in [-0.05, 0) is 65.2 Å². The Bertz CT molecular complexity index is 334. The molecule has 0 spiro atoms. The van der Waals surface area contributed by atoms with Gasteiger partial charge in [0.15, 0.2) is 0 Å². The molecule has 0 radical (unpaired) electrons. The van der Waals surface area contributed by atoms with Crippen LogP contribution < -0.4 is 0 Å². The van der Waals surface area contributed by atoms with E-state index >= 15 is 0 Å². The summed E-state index contributed by atoms with van der Waals surface area (Å²) >= 11 is 0. The van der Waals surface area contributed by atoms with E-state index in [4.69, 9.17) is 0 Å². The zero-order valence-corrected chi connectivity index (χ0v) is 13.1. The zero-order chi connectivity index (χ0) is 14.6. The molecule has 0 aromatic heterocycles. The minimum atomic E-state index is -0.598. The number of aliphatic carboxylic acids is 1. The Hall–Kier alpha value is -0.610. The van der Waals surface area contributed by atoms with E-state index in [2.05, 4.69) is 16.8 Å². The fraction of sp³-hybridized carbons (Fsp3) is 0.938. The molecule has 1 N–H and O–H groups in total. The predicted octanol–water partition coefficient (Wildman–Crippen LogP) is 2.44. The molecule has 2 atom stereocenters. The summed E-state index contributed by atoms with van der Waals surface area (Å²) in [4.78, 5) is 16.5. The SMILES string of the molecule is CCC1(C(=O)O)CCCN(CCC2CCCCN2C)C1. The second kappa shape index (κ2) is 6.90. The summed E-state index contributed by atoms with van der Waals surface area (Å²) in [5, 5.41) is 9.53. The summed E-state index contributed by atoms with van der Waals surface area (Å²) in [7, 11) is 2.23. The average molecular weight is 282 g/mol. The molecule has 20 heavy (non-hydrogen) atoms. The molecule has 2 aliphatic rings. The minimum absolute atomic E-state index is 0.489. The van der Waals surface area contributed by atoms with E-state index in [9.17, 15) is 9.90 Å². The van der Waals surface area contributed by atoms with Gasteiger partial charge in [-0.2, -0.15) is 0 Å². The first-order valence-corrected chi connectivity index (χ1v) is 8.23. The monoisotopic (exact) mass is 282 g/mol. The Labute approximate surface area is 123 Å². The number of piperidine rings is 2. The first-order valence-electron chi connectivity index (χ1n) is 8.23. The van der Waals surface area contributed by atoms with E-state index in [0.29, 0.717) is 6.04 Å². The maximum atomic E-state index is 11.6. The van der Waals surface area contributed by atoms with E-state index in [1.54, 1.807) is 0 Å². The summed E-state index contributed by atoms with van der Waals surface area (Å²) in [6, 6.07) is 0.700. The summed E-state index contributed by atoms with van der Waals surface area (Å²) in [6.45, 7) is 6.12. The summed E-state index contributed by atoms with van der Waals surface area (Å²) in [5.74, 6) is -0.598. The van der Waals surface area contributed by atoms with Gasteiger partial charge in [-0.15, -0.1) is 0 Å². The van der Waals surface area contributed by atoms with Crippen molar-refractivity contribution in [3.63, 3.8) is 0 Å². The molecule has 2 aliphatic heterocycles. The molecule has 4 heteroatoms. The molecule has 0 aromatic rings. The number of hydrogen-bond acceptors (Lipinski definition) is 3. The maximum Gasteiger partial charge on any atom is 0.310 e. The lowest BCUT2D eigenvalue weighted by Gasteiger charge is -2.41. The van der Waals surface area contributed by atoms with E-state index < -0.39 is 11.4 Å². The van der Waals surface area contributed by atoms with Crippen molar-refractivity contribution < 1.29 is 9.90 Å². The Morgan fingerprint density at radius 2 is 2.10 bits per heavy atom. The molecule has 0 bridgehead atoms. The van der Waals surface area contributed by atoms with Crippen LogP contribution in [0.25, 0.3) is 0 Å². The molecule has 4 nitrogen and oxygen atoms in total. The van der Waals surface area contributed by atoms with Gasteiger partial charge in [-0.3, -0.25) is 4.79 Å². The molecule has 2 fully saturated rings. The molecule has 116 valence electrons. The normalized spacial score (nSPS) is 33.2. The van der Waals surface area contributed by atoms with Crippen LogP contribution in [0.3, 0.4) is 0 Å². The molecule has 2 rings (SSSR count). The van der Waals surface area contributed by atoms with Gasteiger partial charge in [-0.25, -0.2) is 0 Å². The Balaban J connectivity index is 1.85. The number of rotatable bonds is 5. The molecule has 0 aromatic carbocycles. The van der Waals surface area contributed by atoms with Crippen LogP contribution in [-0.2, 0) is 4.79 Å². The smallest absolute Gasteiger partial charge is 0.310 e. The maximum absolute atomic E-state index is 11.6. The third kappa shape index (κ3) is 3.53. The fourth-order valence-electron chi connectivity index (χ4n) is 3.87. The topological polar surface area (TPSA) is 43.8 Å². The number of nitrogens with zero attached hydrogens (tertiary/aromatic N) is 2. The van der Waals surface area contributed by atoms with Gasteiger partial charge in [0.1, 0.15) is 0 Å². The number of carboxylic acid groups (broad SMARTS) is 1. The van der Waals surface area contributed by atoms with Crippen molar-refractivity contribution in [3.8, 4) is 0 Å². The zero-order valence-electron chi connectivity index (χ0n) is 13.1. The quantitative estimate of drug-likeness (QED) is 0.841. The third-order valence-corrected chi connectivity index (χ3v) is 5.49. The van der Waals surface area contributed by atoms with Crippen LogP contribution in [0.5, 0.6) is 0 Å². The highest BCUT2D eigenvalue weighted by Crippen LogP contribution is 2.34. The second-order valence-corrected chi connectivity index (χ2v) is 6.74. The molecule has 2 heterocycles. The summed E-state index contributed by atoms with van der Waals surface area (Å²) < 4.78 is 0. The Kier molecular flexibility index (Phi) is 5.44. The number of likely N-dealkylation sites (tertiary alicyclic amines) is 2. The van der Waals surface area contributed by atoms with Crippen LogP contribution in [0.4, 0.5) is 0 Å². The highest BCUT2D eigenvalue weighted by atomic mass is 16.4. The highest BCUT2D eigenvalue weighted by molar-refractivity contribution is 5.75. The molecule has 2 saturated heterocycles. The van der Waals surface area contributed by atoms with Crippen LogP contribution in [0.2, 0.25) is 0 Å². The van der Waals surface area contributed by atoms with Gasteiger partial charge >= 0.3 is 5.97 Å². The highest BCUT2D eigenvalue weighted by Gasteiger charge is 2.40. The van der Waals surface area contributed by atoms with Crippen LogP contribution in [0, 0.1) is 5.41 Å². The van der Waals surface area contributed by atoms with Crippen molar-refractivity contribution in [1.29, 1.82) is 0 Å². The third-order valence-electron chi connectivity index (χ3n) is 5.49. The van der Waals surface area contributed by atoms with Crippen molar-refractivity contribution in [2.45, 2.75) is 57.9 Å². The standard InChI is InChI=1S/C16H30N2O2/c1-3-16(15(19)20)9-6-11-18(13-16)12-8-14-7-4-5-10-17(14)2/h14H,3-13H2,1-2H3,(H,19,20). The van der Waals surface area contributed by atoms with Crippen LogP contribution in [-0.4, -0.2) is 60.1 Å². The Morgan fingerprint density at radius 1 is 1.30 bits per heavy atom. The largest absolute Gasteiger partial charge is 0.481 e. The van der Waals surface area contributed by atoms with E-state index in [0.717, 1.165) is 38.9 Å². The average Bonchev–Trinajstić information content (AvgIpc) is 2.46. The molecular weight excluding hydrogens is 252 g/mol. The van der Waals surface area contributed by atoms with Gasteiger partial charge in [-0.1, -0.05) is 13.3 Å². The van der Waals surface area contributed by atoms with Crippen molar-refractivity contribution in [3.05, 3.63) is 0 Å². The predicted molar refractivity (Wildman–Crippen MR) is 80.9 cm³/mol. The second-order valence-electron chi connectivity index (χ2n) is 6.74. The van der Waals surface area contributed by atoms with Crippen molar-refractivity contribution in [2.75, 3.05) is 33.2 Å². The molecule has 0 aliphatic carbocycles. The van der Waals surface area contributed by atoms with Gasteiger partial charge in [0.25, 0.3) is 0 Å². The minimum Gasteiger partial charge on any atom is -0.481 e. The lowest BCUT2D eigenvalue weighted by Crippen LogP contribution is -2.48. The van der Waals surface area contributed by atoms with Crippen LogP contribution >= 0.6 is 0 Å². The lowest BCUT2D eigenvalue weighted by molar-refractivity contribution is -0.153. The first kappa shape index (κ1) is 15.8. The number of carboxylic acids is 1. The lowest BCUT2D eigenvalue weighted by atomic mass is 9.77. The van der Waals surface area contributed by atoms with E-state index in [1.165, 1.54) is 32.2 Å². The van der Waals surface area contributed by atoms with Gasteiger partial charge in [0.05, 0.1) is 5.41 Å². The van der Waals surface area contributed by atoms with Gasteiger partial charge < -0.3 is 14.9 Å².